The van der Waals surface area contributed by atoms with E-state index in [9.17, 15) is 9.59 Å². The van der Waals surface area contributed by atoms with Crippen molar-refractivity contribution >= 4 is 17.6 Å². The second kappa shape index (κ2) is 6.23. The highest BCUT2D eigenvalue weighted by Crippen LogP contribution is 2.34. The van der Waals surface area contributed by atoms with Gasteiger partial charge in [0.2, 0.25) is 0 Å². The van der Waals surface area contributed by atoms with Crippen LogP contribution in [0.4, 0.5) is 5.69 Å². The highest BCUT2D eigenvalue weighted by Gasteiger charge is 2.35. The predicted molar refractivity (Wildman–Crippen MR) is 74.9 cm³/mol. The number of carbonyl (C=O) groups is 2. The molecule has 1 aromatic rings. The molecule has 20 heavy (non-hydrogen) atoms. The van der Waals surface area contributed by atoms with E-state index in [2.05, 4.69) is 6.58 Å². The Morgan fingerprint density at radius 2 is 2.20 bits per heavy atom. The largest absolute Gasteiger partial charge is 0.481 e. The number of nitrogens with zero attached hydrogens (tertiary/aromatic N) is 1. The Kier molecular flexibility index (Phi) is 4.40. The molecule has 1 aliphatic rings. The van der Waals surface area contributed by atoms with Crippen LogP contribution in [0.15, 0.2) is 36.9 Å². The quantitative estimate of drug-likeness (QED) is 0.638. The van der Waals surface area contributed by atoms with Gasteiger partial charge in [0.15, 0.2) is 6.10 Å². The molecule has 1 aromatic carbocycles. The number of aliphatic carboxylic acids is 1. The summed E-state index contributed by atoms with van der Waals surface area (Å²) >= 11 is 0. The zero-order valence-corrected chi connectivity index (χ0v) is 11.1. The van der Waals surface area contributed by atoms with E-state index in [1.54, 1.807) is 29.2 Å². The molecular weight excluding hydrogens is 258 g/mol. The fraction of sp³-hybridized carbons (Fsp3) is 0.333. The van der Waals surface area contributed by atoms with Crippen LogP contribution in [0.1, 0.15) is 19.3 Å². The molecule has 1 unspecified atom stereocenters. The number of ether oxygens (including phenoxy) is 1. The van der Waals surface area contributed by atoms with Crippen molar-refractivity contribution in [3.05, 3.63) is 36.9 Å². The molecule has 106 valence electrons. The van der Waals surface area contributed by atoms with E-state index in [0.717, 1.165) is 12.8 Å². The van der Waals surface area contributed by atoms with Gasteiger partial charge in [0.25, 0.3) is 5.91 Å². The van der Waals surface area contributed by atoms with E-state index in [4.69, 9.17) is 9.84 Å². The maximum Gasteiger partial charge on any atom is 0.307 e. The van der Waals surface area contributed by atoms with Gasteiger partial charge in [-0.2, -0.15) is 0 Å². The average Bonchev–Trinajstić information content (AvgIpc) is 2.42. The average molecular weight is 275 g/mol. The van der Waals surface area contributed by atoms with E-state index in [1.807, 2.05) is 6.07 Å². The van der Waals surface area contributed by atoms with Crippen LogP contribution < -0.4 is 9.64 Å². The molecule has 1 aliphatic heterocycles. The Hall–Kier alpha value is -2.30. The summed E-state index contributed by atoms with van der Waals surface area (Å²) in [6.07, 6.45) is 2.10. The monoisotopic (exact) mass is 275 g/mol. The fourth-order valence-corrected chi connectivity index (χ4v) is 2.19. The van der Waals surface area contributed by atoms with Crippen LogP contribution >= 0.6 is 0 Å². The number of carboxylic acid groups (broad SMARTS) is 1. The van der Waals surface area contributed by atoms with Gasteiger partial charge in [0.05, 0.1) is 12.1 Å². The minimum Gasteiger partial charge on any atom is -0.481 e. The maximum atomic E-state index is 12.3. The first kappa shape index (κ1) is 14.1. The summed E-state index contributed by atoms with van der Waals surface area (Å²) in [6, 6.07) is 7.18. The molecule has 5 nitrogen and oxygen atoms in total. The second-order valence-electron chi connectivity index (χ2n) is 4.59. The molecule has 0 aromatic heterocycles. The number of fused-ring (bicyclic) bond motifs is 1. The van der Waals surface area contributed by atoms with Gasteiger partial charge in [0, 0.05) is 6.54 Å². The molecule has 1 heterocycles. The summed E-state index contributed by atoms with van der Waals surface area (Å²) in [7, 11) is 0. The predicted octanol–water partition coefficient (Wildman–Crippen LogP) is 2.22. The van der Waals surface area contributed by atoms with Crippen molar-refractivity contribution < 1.29 is 19.4 Å². The summed E-state index contributed by atoms with van der Waals surface area (Å²) in [6.45, 7) is 4.18. The van der Waals surface area contributed by atoms with Gasteiger partial charge in [-0.1, -0.05) is 18.2 Å². The van der Waals surface area contributed by atoms with Crippen LogP contribution in [0.3, 0.4) is 0 Å². The summed E-state index contributed by atoms with van der Waals surface area (Å²) in [4.78, 5) is 24.8. The molecular formula is C15H17NO4. The van der Waals surface area contributed by atoms with Gasteiger partial charge in [-0.05, 0) is 25.0 Å². The SMILES string of the molecule is C=CCCCN1C(=O)C(CC(=O)O)Oc2ccccc21. The lowest BCUT2D eigenvalue weighted by Crippen LogP contribution is -2.47. The first-order valence-corrected chi connectivity index (χ1v) is 6.53. The van der Waals surface area contributed by atoms with Crippen molar-refractivity contribution in [3.8, 4) is 5.75 Å². The van der Waals surface area contributed by atoms with Crippen molar-refractivity contribution in [3.63, 3.8) is 0 Å². The molecule has 1 N–H and O–H groups in total. The van der Waals surface area contributed by atoms with E-state index >= 15 is 0 Å². The Balaban J connectivity index is 2.24. The molecule has 0 aliphatic carbocycles. The molecule has 0 spiro atoms. The molecule has 5 heteroatoms. The minimum atomic E-state index is -1.05. The number of rotatable bonds is 6. The first-order chi connectivity index (χ1) is 9.63. The number of carbonyl (C=O) groups excluding carboxylic acids is 1. The van der Waals surface area contributed by atoms with Gasteiger partial charge < -0.3 is 14.7 Å². The normalized spacial score (nSPS) is 17.3. The molecule has 0 bridgehead atoms. The van der Waals surface area contributed by atoms with E-state index < -0.39 is 12.1 Å². The van der Waals surface area contributed by atoms with Crippen LogP contribution in [0.2, 0.25) is 0 Å². The van der Waals surface area contributed by atoms with Crippen LogP contribution in [0, 0.1) is 0 Å². The van der Waals surface area contributed by atoms with Crippen LogP contribution in [-0.2, 0) is 9.59 Å². The highest BCUT2D eigenvalue weighted by molar-refractivity contribution is 6.01. The maximum absolute atomic E-state index is 12.3. The van der Waals surface area contributed by atoms with Crippen molar-refractivity contribution in [1.82, 2.24) is 0 Å². The summed E-state index contributed by atoms with van der Waals surface area (Å²) in [5.74, 6) is -0.791. The van der Waals surface area contributed by atoms with Crippen molar-refractivity contribution in [2.24, 2.45) is 0 Å². The number of anilines is 1. The lowest BCUT2D eigenvalue weighted by atomic mass is 10.1. The third kappa shape index (κ3) is 2.99. The molecule has 2 rings (SSSR count). The molecule has 0 fully saturated rings. The van der Waals surface area contributed by atoms with Crippen LogP contribution in [-0.4, -0.2) is 29.6 Å². The molecule has 1 atom stereocenters. The number of carboxylic acids is 1. The lowest BCUT2D eigenvalue weighted by molar-refractivity contribution is -0.142. The van der Waals surface area contributed by atoms with E-state index in [1.165, 1.54) is 0 Å². The Morgan fingerprint density at radius 3 is 2.90 bits per heavy atom. The van der Waals surface area contributed by atoms with E-state index in [-0.39, 0.29) is 12.3 Å². The highest BCUT2D eigenvalue weighted by atomic mass is 16.5. The molecule has 0 saturated carbocycles. The summed E-state index contributed by atoms with van der Waals surface area (Å²) in [5.41, 5.74) is 0.697. The minimum absolute atomic E-state index is 0.296. The van der Waals surface area contributed by atoms with Gasteiger partial charge in [-0.25, -0.2) is 0 Å². The van der Waals surface area contributed by atoms with Crippen molar-refractivity contribution in [2.75, 3.05) is 11.4 Å². The smallest absolute Gasteiger partial charge is 0.307 e. The molecule has 0 saturated heterocycles. The zero-order chi connectivity index (χ0) is 14.5. The second-order valence-corrected chi connectivity index (χ2v) is 4.59. The number of allylic oxidation sites excluding steroid dienone is 1. The third-order valence-corrected chi connectivity index (χ3v) is 3.12. The number of amides is 1. The first-order valence-electron chi connectivity index (χ1n) is 6.53. The molecule has 1 amide bonds. The zero-order valence-electron chi connectivity index (χ0n) is 11.1. The Bertz CT molecular complexity index is 526. The number of hydrogen-bond donors (Lipinski definition) is 1. The third-order valence-electron chi connectivity index (χ3n) is 3.12. The number of benzene rings is 1. The van der Waals surface area contributed by atoms with Gasteiger partial charge in [-0.3, -0.25) is 9.59 Å². The van der Waals surface area contributed by atoms with Gasteiger partial charge in [0.1, 0.15) is 5.75 Å². The fourth-order valence-electron chi connectivity index (χ4n) is 2.19. The van der Waals surface area contributed by atoms with Crippen LogP contribution in [0.5, 0.6) is 5.75 Å². The number of hydrogen-bond acceptors (Lipinski definition) is 3. The van der Waals surface area contributed by atoms with E-state index in [0.29, 0.717) is 18.0 Å². The van der Waals surface area contributed by atoms with Crippen molar-refractivity contribution in [1.29, 1.82) is 0 Å². The standard InChI is InChI=1S/C15H17NO4/c1-2-3-6-9-16-11-7-4-5-8-12(11)20-13(15(16)19)10-14(17)18/h2,4-5,7-8,13H,1,3,6,9-10H2,(H,17,18). The van der Waals surface area contributed by atoms with Gasteiger partial charge >= 0.3 is 5.97 Å². The Morgan fingerprint density at radius 1 is 1.45 bits per heavy atom. The summed E-state index contributed by atoms with van der Waals surface area (Å²) in [5, 5.41) is 8.87. The topological polar surface area (TPSA) is 66.8 Å². The summed E-state index contributed by atoms with van der Waals surface area (Å²) < 4.78 is 5.50. The number of para-hydroxylation sites is 2. The van der Waals surface area contributed by atoms with Crippen molar-refractivity contribution in [2.45, 2.75) is 25.4 Å². The lowest BCUT2D eigenvalue weighted by Gasteiger charge is -2.33. The van der Waals surface area contributed by atoms with Gasteiger partial charge in [-0.15, -0.1) is 6.58 Å². The Labute approximate surface area is 117 Å². The molecule has 0 radical (unpaired) electrons. The van der Waals surface area contributed by atoms with Crippen LogP contribution in [0.25, 0.3) is 0 Å². The number of unbranched alkanes of at least 4 members (excludes halogenated alkanes) is 1.